The van der Waals surface area contributed by atoms with Crippen molar-refractivity contribution in [3.8, 4) is 0 Å². The normalized spacial score (nSPS) is 32.8. The van der Waals surface area contributed by atoms with Gasteiger partial charge in [-0.1, -0.05) is 28.1 Å². The molecule has 0 aliphatic carbocycles. The van der Waals surface area contributed by atoms with Crippen molar-refractivity contribution >= 4 is 15.9 Å². The average Bonchev–Trinajstić information content (AvgIpc) is 2.72. The molecule has 2 N–H and O–H groups in total. The summed E-state index contributed by atoms with van der Waals surface area (Å²) in [5.41, 5.74) is 7.78. The second-order valence-corrected chi connectivity index (χ2v) is 7.79. The summed E-state index contributed by atoms with van der Waals surface area (Å²) in [5.74, 6) is 0. The highest BCUT2D eigenvalue weighted by atomic mass is 79.9. The molecule has 2 heterocycles. The number of hydrogen-bond acceptors (Lipinski definition) is 3. The van der Waals surface area contributed by atoms with E-state index in [9.17, 15) is 0 Å². The first-order chi connectivity index (χ1) is 10.0. The molecule has 2 aliphatic rings. The lowest BCUT2D eigenvalue weighted by Crippen LogP contribution is -2.60. The summed E-state index contributed by atoms with van der Waals surface area (Å²) >= 11 is 3.50. The van der Waals surface area contributed by atoms with Crippen LogP contribution in [0.15, 0.2) is 28.7 Å². The van der Waals surface area contributed by atoms with Gasteiger partial charge in [-0.05, 0) is 57.5 Å². The van der Waals surface area contributed by atoms with Gasteiger partial charge < -0.3 is 10.6 Å². The fraction of sp³-hybridized carbons (Fsp3) is 0.647. The number of hydrogen-bond donors (Lipinski definition) is 1. The Morgan fingerprint density at radius 2 is 1.81 bits per heavy atom. The minimum Gasteiger partial charge on any atom is -0.329 e. The molecule has 0 aromatic heterocycles. The predicted molar refractivity (Wildman–Crippen MR) is 91.2 cm³/mol. The maximum absolute atomic E-state index is 6.25. The molecule has 0 saturated carbocycles. The van der Waals surface area contributed by atoms with Crippen LogP contribution in [0.25, 0.3) is 0 Å². The monoisotopic (exact) mass is 351 g/mol. The van der Waals surface area contributed by atoms with E-state index in [1.165, 1.54) is 31.2 Å². The number of benzene rings is 1. The number of nitrogens with two attached hydrogens (primary N) is 1. The van der Waals surface area contributed by atoms with Gasteiger partial charge in [0, 0.05) is 35.2 Å². The largest absolute Gasteiger partial charge is 0.329 e. The number of halogens is 1. The Balaban J connectivity index is 1.75. The summed E-state index contributed by atoms with van der Waals surface area (Å²) < 4.78 is 1.14. The topological polar surface area (TPSA) is 32.5 Å². The second kappa shape index (κ2) is 5.99. The summed E-state index contributed by atoms with van der Waals surface area (Å²) in [5, 5.41) is 0. The third-order valence-electron chi connectivity index (χ3n) is 5.74. The van der Waals surface area contributed by atoms with E-state index in [1.54, 1.807) is 0 Å². The highest BCUT2D eigenvalue weighted by molar-refractivity contribution is 9.10. The zero-order valence-electron chi connectivity index (χ0n) is 13.1. The van der Waals surface area contributed by atoms with Crippen molar-refractivity contribution < 1.29 is 0 Å². The Labute approximate surface area is 136 Å². The number of fused-ring (bicyclic) bond motifs is 2. The molecule has 2 bridgehead atoms. The molecule has 3 nitrogen and oxygen atoms in total. The van der Waals surface area contributed by atoms with Gasteiger partial charge in [0.2, 0.25) is 0 Å². The number of piperidine rings is 1. The van der Waals surface area contributed by atoms with Crippen LogP contribution in [0.4, 0.5) is 0 Å². The quantitative estimate of drug-likeness (QED) is 0.905. The summed E-state index contributed by atoms with van der Waals surface area (Å²) in [4.78, 5) is 5.09. The summed E-state index contributed by atoms with van der Waals surface area (Å²) in [7, 11) is 4.54. The van der Waals surface area contributed by atoms with Gasteiger partial charge >= 0.3 is 0 Å². The molecular formula is C17H26BrN3. The van der Waals surface area contributed by atoms with Crippen molar-refractivity contribution in [1.29, 1.82) is 0 Å². The molecule has 1 aromatic rings. The van der Waals surface area contributed by atoms with Gasteiger partial charge in [-0.2, -0.15) is 0 Å². The first-order valence-corrected chi connectivity index (χ1v) is 8.71. The van der Waals surface area contributed by atoms with E-state index < -0.39 is 0 Å². The van der Waals surface area contributed by atoms with Crippen LogP contribution in [0.2, 0.25) is 0 Å². The first kappa shape index (κ1) is 15.5. The van der Waals surface area contributed by atoms with Gasteiger partial charge in [-0.15, -0.1) is 0 Å². The molecular weight excluding hydrogens is 326 g/mol. The van der Waals surface area contributed by atoms with Crippen LogP contribution in [0.5, 0.6) is 0 Å². The van der Waals surface area contributed by atoms with E-state index >= 15 is 0 Å². The number of rotatable bonds is 4. The molecule has 3 rings (SSSR count). The molecule has 4 heteroatoms. The fourth-order valence-electron chi connectivity index (χ4n) is 4.21. The molecule has 21 heavy (non-hydrogen) atoms. The number of likely N-dealkylation sites (N-methyl/N-ethyl adjacent to an activating group) is 1. The van der Waals surface area contributed by atoms with Crippen LogP contribution in [0.3, 0.4) is 0 Å². The zero-order chi connectivity index (χ0) is 15.0. The molecule has 2 aliphatic heterocycles. The Morgan fingerprint density at radius 3 is 2.33 bits per heavy atom. The van der Waals surface area contributed by atoms with E-state index in [-0.39, 0.29) is 5.54 Å². The van der Waals surface area contributed by atoms with Crippen molar-refractivity contribution in [2.75, 3.05) is 20.6 Å². The average molecular weight is 352 g/mol. The van der Waals surface area contributed by atoms with Gasteiger partial charge in [0.1, 0.15) is 0 Å². The van der Waals surface area contributed by atoms with E-state index in [0.717, 1.165) is 29.6 Å². The predicted octanol–water partition coefficient (Wildman–Crippen LogP) is 2.84. The first-order valence-electron chi connectivity index (χ1n) is 7.92. The van der Waals surface area contributed by atoms with E-state index in [4.69, 9.17) is 5.73 Å². The highest BCUT2D eigenvalue weighted by Gasteiger charge is 2.48. The van der Waals surface area contributed by atoms with Crippen LogP contribution >= 0.6 is 15.9 Å². The van der Waals surface area contributed by atoms with Crippen molar-refractivity contribution in [2.24, 2.45) is 5.73 Å². The van der Waals surface area contributed by atoms with Crippen molar-refractivity contribution in [1.82, 2.24) is 9.80 Å². The molecule has 2 atom stereocenters. The van der Waals surface area contributed by atoms with Crippen molar-refractivity contribution in [2.45, 2.75) is 49.9 Å². The maximum atomic E-state index is 6.25. The standard InChI is InChI=1S/C17H26BrN3/c1-20(11-13-3-5-14(18)6-4-13)17(12-19)9-15-7-8-16(10-17)21(15)2/h3-6,15-16H,7-12,19H2,1-2H3. The van der Waals surface area contributed by atoms with E-state index in [2.05, 4.69) is 64.1 Å². The molecule has 2 saturated heterocycles. The lowest BCUT2D eigenvalue weighted by atomic mass is 9.81. The Kier molecular flexibility index (Phi) is 4.42. The molecule has 1 aromatic carbocycles. The SMILES string of the molecule is CN1C2CCC1CC(CN)(N(C)Cc1ccc(Br)cc1)C2. The maximum Gasteiger partial charge on any atom is 0.0361 e. The summed E-state index contributed by atoms with van der Waals surface area (Å²) in [6.07, 6.45) is 5.11. The van der Waals surface area contributed by atoms with Gasteiger partial charge in [0.25, 0.3) is 0 Å². The zero-order valence-corrected chi connectivity index (χ0v) is 14.6. The molecule has 116 valence electrons. The minimum atomic E-state index is 0.172. The van der Waals surface area contributed by atoms with Gasteiger partial charge in [0.05, 0.1) is 0 Å². The third kappa shape index (κ3) is 2.91. The Bertz CT molecular complexity index is 473. The van der Waals surface area contributed by atoms with Crippen LogP contribution in [-0.4, -0.2) is 48.1 Å². The van der Waals surface area contributed by atoms with E-state index in [0.29, 0.717) is 0 Å². The minimum absolute atomic E-state index is 0.172. The lowest BCUT2D eigenvalue weighted by molar-refractivity contribution is 0.0118. The van der Waals surface area contributed by atoms with Gasteiger partial charge in [-0.3, -0.25) is 4.90 Å². The van der Waals surface area contributed by atoms with Crippen molar-refractivity contribution in [3.05, 3.63) is 34.3 Å². The lowest BCUT2D eigenvalue weighted by Gasteiger charge is -2.50. The van der Waals surface area contributed by atoms with Crippen LogP contribution in [-0.2, 0) is 6.54 Å². The number of nitrogens with zero attached hydrogens (tertiary/aromatic N) is 2. The van der Waals surface area contributed by atoms with Crippen molar-refractivity contribution in [3.63, 3.8) is 0 Å². The smallest absolute Gasteiger partial charge is 0.0361 e. The summed E-state index contributed by atoms with van der Waals surface area (Å²) in [6, 6.07) is 10.1. The van der Waals surface area contributed by atoms with Gasteiger partial charge in [-0.25, -0.2) is 0 Å². The fourth-order valence-corrected chi connectivity index (χ4v) is 4.47. The molecule has 0 spiro atoms. The molecule has 2 fully saturated rings. The summed E-state index contributed by atoms with van der Waals surface area (Å²) in [6.45, 7) is 1.74. The highest BCUT2D eigenvalue weighted by Crippen LogP contribution is 2.42. The molecule has 0 radical (unpaired) electrons. The third-order valence-corrected chi connectivity index (χ3v) is 6.27. The molecule has 0 amide bonds. The van der Waals surface area contributed by atoms with Crippen LogP contribution < -0.4 is 5.73 Å². The Hall–Kier alpha value is -0.420. The van der Waals surface area contributed by atoms with Crippen LogP contribution in [0, 0.1) is 0 Å². The van der Waals surface area contributed by atoms with E-state index in [1.807, 2.05) is 0 Å². The van der Waals surface area contributed by atoms with Gasteiger partial charge in [0.15, 0.2) is 0 Å². The molecule has 2 unspecified atom stereocenters. The van der Waals surface area contributed by atoms with Crippen LogP contribution in [0.1, 0.15) is 31.2 Å². The second-order valence-electron chi connectivity index (χ2n) is 6.87. The Morgan fingerprint density at radius 1 is 1.24 bits per heavy atom.